The number of para-hydroxylation sites is 1. The Morgan fingerprint density at radius 2 is 1.75 bits per heavy atom. The number of hydrogen-bond donors (Lipinski definition) is 0. The van der Waals surface area contributed by atoms with E-state index in [2.05, 4.69) is 0 Å². The second kappa shape index (κ2) is 6.26. The van der Waals surface area contributed by atoms with Crippen molar-refractivity contribution in [2.75, 3.05) is 12.0 Å². The Kier molecular flexibility index (Phi) is 4.30. The van der Waals surface area contributed by atoms with Gasteiger partial charge in [0.1, 0.15) is 16.6 Å². The molecule has 0 spiro atoms. The molecule has 0 atom stereocenters. The SMILES string of the molecule is COc1ccccc1C1=C(Cl)C(=O)N(c2ccc(F)c(Cl)c2)C1=O. The van der Waals surface area contributed by atoms with E-state index in [-0.39, 0.29) is 21.3 Å². The van der Waals surface area contributed by atoms with Gasteiger partial charge in [0.2, 0.25) is 0 Å². The minimum atomic E-state index is -0.703. The first-order valence-electron chi connectivity index (χ1n) is 6.82. The topological polar surface area (TPSA) is 46.6 Å². The van der Waals surface area contributed by atoms with Crippen molar-refractivity contribution in [1.82, 2.24) is 0 Å². The second-order valence-corrected chi connectivity index (χ2v) is 5.72. The Labute approximate surface area is 147 Å². The largest absolute Gasteiger partial charge is 0.496 e. The first-order valence-corrected chi connectivity index (χ1v) is 7.58. The molecule has 1 aliphatic heterocycles. The van der Waals surface area contributed by atoms with E-state index in [1.165, 1.54) is 19.2 Å². The van der Waals surface area contributed by atoms with E-state index < -0.39 is 17.6 Å². The number of halogens is 3. The lowest BCUT2D eigenvalue weighted by Crippen LogP contribution is -2.31. The number of nitrogens with zero attached hydrogens (tertiary/aromatic N) is 1. The average Bonchev–Trinajstić information content (AvgIpc) is 2.80. The van der Waals surface area contributed by atoms with E-state index in [0.717, 1.165) is 11.0 Å². The Hall–Kier alpha value is -2.37. The lowest BCUT2D eigenvalue weighted by molar-refractivity contribution is -0.119. The third kappa shape index (κ3) is 2.56. The van der Waals surface area contributed by atoms with Crippen molar-refractivity contribution in [1.29, 1.82) is 0 Å². The van der Waals surface area contributed by atoms with Crippen LogP contribution in [-0.4, -0.2) is 18.9 Å². The van der Waals surface area contributed by atoms with Crippen LogP contribution < -0.4 is 9.64 Å². The molecule has 0 N–H and O–H groups in total. The second-order valence-electron chi connectivity index (χ2n) is 4.93. The molecule has 2 aromatic rings. The Bertz CT molecular complexity index is 895. The molecule has 2 amide bonds. The quantitative estimate of drug-likeness (QED) is 0.772. The summed E-state index contributed by atoms with van der Waals surface area (Å²) in [6.07, 6.45) is 0. The molecule has 0 fully saturated rings. The third-order valence-electron chi connectivity index (χ3n) is 3.56. The van der Waals surface area contributed by atoms with Gasteiger partial charge in [0.15, 0.2) is 0 Å². The number of benzene rings is 2. The first-order chi connectivity index (χ1) is 11.5. The lowest BCUT2D eigenvalue weighted by Gasteiger charge is -2.15. The minimum Gasteiger partial charge on any atom is -0.496 e. The fourth-order valence-electron chi connectivity index (χ4n) is 2.45. The number of imide groups is 1. The monoisotopic (exact) mass is 365 g/mol. The Morgan fingerprint density at radius 1 is 1.04 bits per heavy atom. The highest BCUT2D eigenvalue weighted by molar-refractivity contribution is 6.60. The molecule has 7 heteroatoms. The van der Waals surface area contributed by atoms with Crippen LogP contribution in [0.5, 0.6) is 5.75 Å². The van der Waals surface area contributed by atoms with Crippen LogP contribution in [0, 0.1) is 5.82 Å². The number of carbonyl (C=O) groups excluding carboxylic acids is 2. The zero-order valence-electron chi connectivity index (χ0n) is 12.3. The van der Waals surface area contributed by atoms with Gasteiger partial charge in [0.05, 0.1) is 23.4 Å². The summed E-state index contributed by atoms with van der Waals surface area (Å²) in [6.45, 7) is 0. The lowest BCUT2D eigenvalue weighted by atomic mass is 10.1. The Morgan fingerprint density at radius 3 is 2.42 bits per heavy atom. The van der Waals surface area contributed by atoms with E-state index >= 15 is 0 Å². The summed E-state index contributed by atoms with van der Waals surface area (Å²) in [5.41, 5.74) is 0.568. The molecule has 122 valence electrons. The van der Waals surface area contributed by atoms with E-state index in [1.54, 1.807) is 24.3 Å². The van der Waals surface area contributed by atoms with Gasteiger partial charge in [-0.05, 0) is 24.3 Å². The summed E-state index contributed by atoms with van der Waals surface area (Å²) < 4.78 is 18.5. The number of rotatable bonds is 3. The summed E-state index contributed by atoms with van der Waals surface area (Å²) in [6, 6.07) is 10.3. The van der Waals surface area contributed by atoms with Crippen LogP contribution in [0.25, 0.3) is 5.57 Å². The van der Waals surface area contributed by atoms with Crippen molar-refractivity contribution in [3.05, 3.63) is 63.9 Å². The zero-order valence-corrected chi connectivity index (χ0v) is 13.9. The van der Waals surface area contributed by atoms with Crippen LogP contribution in [0.15, 0.2) is 47.5 Å². The molecule has 1 aliphatic rings. The summed E-state index contributed by atoms with van der Waals surface area (Å²) in [7, 11) is 1.45. The smallest absolute Gasteiger partial charge is 0.277 e. The van der Waals surface area contributed by atoms with Crippen molar-refractivity contribution >= 4 is 46.3 Å². The average molecular weight is 366 g/mol. The van der Waals surface area contributed by atoms with Gasteiger partial charge in [0.25, 0.3) is 11.8 Å². The molecule has 2 aromatic carbocycles. The molecule has 0 saturated heterocycles. The summed E-state index contributed by atoms with van der Waals surface area (Å²) in [5, 5.41) is -0.431. The molecule has 0 aliphatic carbocycles. The van der Waals surface area contributed by atoms with Crippen LogP contribution in [-0.2, 0) is 9.59 Å². The highest BCUT2D eigenvalue weighted by Gasteiger charge is 2.40. The fraction of sp³-hybridized carbons (Fsp3) is 0.0588. The van der Waals surface area contributed by atoms with Crippen LogP contribution in [0.4, 0.5) is 10.1 Å². The number of anilines is 1. The van der Waals surface area contributed by atoms with Gasteiger partial charge in [-0.3, -0.25) is 9.59 Å². The molecule has 0 radical (unpaired) electrons. The van der Waals surface area contributed by atoms with E-state index in [9.17, 15) is 14.0 Å². The van der Waals surface area contributed by atoms with Gasteiger partial charge < -0.3 is 4.74 Å². The molecule has 0 aromatic heterocycles. The van der Waals surface area contributed by atoms with Gasteiger partial charge in [-0.2, -0.15) is 0 Å². The number of amides is 2. The summed E-state index contributed by atoms with van der Waals surface area (Å²) >= 11 is 11.8. The third-order valence-corrected chi connectivity index (χ3v) is 4.21. The molecule has 3 rings (SSSR count). The molecule has 0 saturated carbocycles. The number of ether oxygens (including phenoxy) is 1. The van der Waals surface area contributed by atoms with E-state index in [4.69, 9.17) is 27.9 Å². The first kappa shape index (κ1) is 16.5. The number of carbonyl (C=O) groups is 2. The molecule has 24 heavy (non-hydrogen) atoms. The predicted octanol–water partition coefficient (Wildman–Crippen LogP) is 4.01. The normalized spacial score (nSPS) is 14.6. The predicted molar refractivity (Wildman–Crippen MR) is 89.7 cm³/mol. The van der Waals surface area contributed by atoms with Gasteiger partial charge >= 0.3 is 0 Å². The molecular formula is C17H10Cl2FNO3. The van der Waals surface area contributed by atoms with Gasteiger partial charge in [0, 0.05) is 5.56 Å². The van der Waals surface area contributed by atoms with Crippen molar-refractivity contribution in [2.24, 2.45) is 0 Å². The van der Waals surface area contributed by atoms with E-state index in [1.807, 2.05) is 0 Å². The maximum Gasteiger partial charge on any atom is 0.277 e. The molecule has 4 nitrogen and oxygen atoms in total. The van der Waals surface area contributed by atoms with Crippen molar-refractivity contribution in [2.45, 2.75) is 0 Å². The summed E-state index contributed by atoms with van der Waals surface area (Å²) in [4.78, 5) is 26.1. The maximum atomic E-state index is 13.3. The molecule has 0 unspecified atom stereocenters. The molecule has 0 bridgehead atoms. The van der Waals surface area contributed by atoms with Crippen molar-refractivity contribution < 1.29 is 18.7 Å². The van der Waals surface area contributed by atoms with Gasteiger partial charge in [-0.15, -0.1) is 0 Å². The van der Waals surface area contributed by atoms with Crippen LogP contribution in [0.1, 0.15) is 5.56 Å². The number of methoxy groups -OCH3 is 1. The van der Waals surface area contributed by atoms with Crippen molar-refractivity contribution in [3.8, 4) is 5.75 Å². The maximum absolute atomic E-state index is 13.3. The molecular weight excluding hydrogens is 356 g/mol. The highest BCUT2D eigenvalue weighted by Crippen LogP contribution is 2.38. The minimum absolute atomic E-state index is 0.0274. The van der Waals surface area contributed by atoms with Gasteiger partial charge in [-0.1, -0.05) is 41.4 Å². The van der Waals surface area contributed by atoms with Crippen LogP contribution in [0.3, 0.4) is 0 Å². The fourth-order valence-corrected chi connectivity index (χ4v) is 2.89. The molecule has 1 heterocycles. The van der Waals surface area contributed by atoms with Crippen LogP contribution >= 0.6 is 23.2 Å². The van der Waals surface area contributed by atoms with Crippen molar-refractivity contribution in [3.63, 3.8) is 0 Å². The summed E-state index contributed by atoms with van der Waals surface area (Å²) in [5.74, 6) is -1.57. The van der Waals surface area contributed by atoms with Gasteiger partial charge in [-0.25, -0.2) is 9.29 Å². The van der Waals surface area contributed by atoms with E-state index in [0.29, 0.717) is 11.3 Å². The zero-order chi connectivity index (χ0) is 17.4. The highest BCUT2D eigenvalue weighted by atomic mass is 35.5. The Balaban J connectivity index is 2.09. The standard InChI is InChI=1S/C17H10Cl2FNO3/c1-24-13-5-3-2-4-10(13)14-15(19)17(23)21(16(14)22)9-6-7-12(20)11(18)8-9/h2-8H,1H3. The van der Waals surface area contributed by atoms with Crippen LogP contribution in [0.2, 0.25) is 5.02 Å². The number of hydrogen-bond acceptors (Lipinski definition) is 3.